The van der Waals surface area contributed by atoms with Crippen molar-refractivity contribution in [2.45, 2.75) is 56.9 Å². The fraction of sp³-hybridized carbons (Fsp3) is 0.636. The first kappa shape index (κ1) is 22.5. The van der Waals surface area contributed by atoms with Gasteiger partial charge >= 0.3 is 0 Å². The summed E-state index contributed by atoms with van der Waals surface area (Å²) in [6, 6.07) is 7.30. The van der Waals surface area contributed by atoms with Gasteiger partial charge in [0.15, 0.2) is 0 Å². The third kappa shape index (κ3) is 6.42. The van der Waals surface area contributed by atoms with Crippen LogP contribution in [0, 0.1) is 5.92 Å². The van der Waals surface area contributed by atoms with Gasteiger partial charge in [0, 0.05) is 25.7 Å². The molecule has 8 nitrogen and oxygen atoms in total. The third-order valence-electron chi connectivity index (χ3n) is 5.75. The number of hydrogen-bond donors (Lipinski definition) is 3. The fourth-order valence-electron chi connectivity index (χ4n) is 3.97. The molecule has 3 atom stereocenters. The molecule has 2 saturated heterocycles. The Balaban J connectivity index is 1.43. The highest BCUT2D eigenvalue weighted by Crippen LogP contribution is 2.23. The molecular formula is C22H32N2O6. The molecule has 3 rings (SSSR count). The van der Waals surface area contributed by atoms with Gasteiger partial charge < -0.3 is 30.0 Å². The summed E-state index contributed by atoms with van der Waals surface area (Å²) in [4.78, 5) is 24.8. The summed E-state index contributed by atoms with van der Waals surface area (Å²) < 4.78 is 16.4. The summed E-state index contributed by atoms with van der Waals surface area (Å²) in [5.74, 6) is 0.597. The molecule has 1 aromatic rings. The van der Waals surface area contributed by atoms with E-state index in [-0.39, 0.29) is 42.9 Å². The van der Waals surface area contributed by atoms with Gasteiger partial charge in [0.25, 0.3) is 0 Å². The van der Waals surface area contributed by atoms with E-state index in [4.69, 9.17) is 14.2 Å². The number of hydrogen-bond acceptors (Lipinski definition) is 6. The maximum atomic E-state index is 12.5. The van der Waals surface area contributed by atoms with Crippen LogP contribution in [0.3, 0.4) is 0 Å². The van der Waals surface area contributed by atoms with Gasteiger partial charge in [0.1, 0.15) is 11.9 Å². The normalized spacial score (nSPS) is 24.8. The van der Waals surface area contributed by atoms with Gasteiger partial charge in [-0.3, -0.25) is 9.59 Å². The summed E-state index contributed by atoms with van der Waals surface area (Å²) in [6.45, 7) is 1.43. The minimum Gasteiger partial charge on any atom is -0.497 e. The molecule has 0 aliphatic carbocycles. The standard InChI is InChI=1S/C22H32N2O6/c1-28-17-4-2-3-15(11-17)13-23-21(26)12-18-5-6-19(20(14-25)30-18)24-22(27)16-7-9-29-10-8-16/h2-4,11,16,18-20,25H,5-10,12-14H2,1H3,(H,23,26)(H,24,27)/t18-,19-,20+/m1/s1. The van der Waals surface area contributed by atoms with Crippen molar-refractivity contribution in [2.24, 2.45) is 5.92 Å². The van der Waals surface area contributed by atoms with E-state index in [9.17, 15) is 14.7 Å². The largest absolute Gasteiger partial charge is 0.497 e. The third-order valence-corrected chi connectivity index (χ3v) is 5.75. The molecule has 2 heterocycles. The molecule has 8 heteroatoms. The molecule has 0 saturated carbocycles. The van der Waals surface area contributed by atoms with E-state index in [1.807, 2.05) is 24.3 Å². The first-order valence-electron chi connectivity index (χ1n) is 10.6. The quantitative estimate of drug-likeness (QED) is 0.583. The Morgan fingerprint density at radius 2 is 2.00 bits per heavy atom. The molecule has 2 aliphatic heterocycles. The average molecular weight is 421 g/mol. The second kappa shape index (κ2) is 11.3. The molecule has 0 radical (unpaired) electrons. The van der Waals surface area contributed by atoms with Crippen molar-refractivity contribution < 1.29 is 28.9 Å². The molecule has 2 aliphatic rings. The molecule has 0 aromatic heterocycles. The first-order valence-corrected chi connectivity index (χ1v) is 10.6. The van der Waals surface area contributed by atoms with E-state index in [2.05, 4.69) is 10.6 Å². The van der Waals surface area contributed by atoms with Gasteiger partial charge in [-0.1, -0.05) is 12.1 Å². The van der Waals surface area contributed by atoms with Crippen LogP contribution in [-0.4, -0.2) is 62.1 Å². The minimum absolute atomic E-state index is 0.000155. The number of benzene rings is 1. The van der Waals surface area contributed by atoms with E-state index in [1.165, 1.54) is 0 Å². The van der Waals surface area contributed by atoms with Crippen LogP contribution in [0.5, 0.6) is 5.75 Å². The second-order valence-electron chi connectivity index (χ2n) is 7.89. The first-order chi connectivity index (χ1) is 14.6. The van der Waals surface area contributed by atoms with Gasteiger partial charge in [-0.15, -0.1) is 0 Å². The number of rotatable bonds is 8. The zero-order valence-electron chi connectivity index (χ0n) is 17.5. The van der Waals surface area contributed by atoms with Crippen LogP contribution in [0.2, 0.25) is 0 Å². The summed E-state index contributed by atoms with van der Waals surface area (Å²) >= 11 is 0. The van der Waals surface area contributed by atoms with E-state index in [0.717, 1.165) is 24.2 Å². The molecule has 2 amide bonds. The number of aliphatic hydroxyl groups is 1. The van der Waals surface area contributed by atoms with Gasteiger partial charge in [-0.2, -0.15) is 0 Å². The number of nitrogens with one attached hydrogen (secondary N) is 2. The topological polar surface area (TPSA) is 106 Å². The lowest BCUT2D eigenvalue weighted by Crippen LogP contribution is -2.53. The van der Waals surface area contributed by atoms with Gasteiger partial charge in [0.2, 0.25) is 11.8 Å². The Morgan fingerprint density at radius 3 is 2.73 bits per heavy atom. The van der Waals surface area contributed by atoms with Crippen LogP contribution in [0.1, 0.15) is 37.7 Å². The molecule has 30 heavy (non-hydrogen) atoms. The van der Waals surface area contributed by atoms with Crippen LogP contribution in [0.4, 0.5) is 0 Å². The van der Waals surface area contributed by atoms with Crippen molar-refractivity contribution >= 4 is 11.8 Å². The summed E-state index contributed by atoms with van der Waals surface area (Å²) in [5, 5.41) is 15.7. The lowest BCUT2D eigenvalue weighted by Gasteiger charge is -2.37. The van der Waals surface area contributed by atoms with Gasteiger partial charge in [-0.05, 0) is 43.4 Å². The number of carbonyl (C=O) groups excluding carboxylic acids is 2. The van der Waals surface area contributed by atoms with E-state index >= 15 is 0 Å². The lowest BCUT2D eigenvalue weighted by molar-refractivity contribution is -0.139. The Labute approximate surface area is 177 Å². The van der Waals surface area contributed by atoms with Gasteiger partial charge in [-0.25, -0.2) is 0 Å². The van der Waals surface area contributed by atoms with E-state index in [1.54, 1.807) is 7.11 Å². The SMILES string of the molecule is COc1cccc(CNC(=O)C[C@H]2CC[C@@H](NC(=O)C3CCOCC3)[C@H](CO)O2)c1. The molecule has 1 aromatic carbocycles. The Bertz CT molecular complexity index is 707. The molecule has 2 fully saturated rings. The Hall–Kier alpha value is -2.16. The van der Waals surface area contributed by atoms with Crippen LogP contribution in [-0.2, 0) is 25.6 Å². The smallest absolute Gasteiger partial charge is 0.223 e. The van der Waals surface area contributed by atoms with Crippen LogP contribution < -0.4 is 15.4 Å². The summed E-state index contributed by atoms with van der Waals surface area (Å²) in [7, 11) is 1.61. The van der Waals surface area contributed by atoms with Crippen molar-refractivity contribution in [3.8, 4) is 5.75 Å². The van der Waals surface area contributed by atoms with Crippen molar-refractivity contribution in [1.82, 2.24) is 10.6 Å². The maximum Gasteiger partial charge on any atom is 0.223 e. The maximum absolute atomic E-state index is 12.5. The molecule has 0 unspecified atom stereocenters. The van der Waals surface area contributed by atoms with Crippen LogP contribution in [0.25, 0.3) is 0 Å². The Morgan fingerprint density at radius 1 is 1.20 bits per heavy atom. The highest BCUT2D eigenvalue weighted by molar-refractivity contribution is 5.79. The van der Waals surface area contributed by atoms with Crippen molar-refractivity contribution in [3.63, 3.8) is 0 Å². The number of aliphatic hydroxyl groups excluding tert-OH is 1. The van der Waals surface area contributed by atoms with Crippen molar-refractivity contribution in [2.75, 3.05) is 26.9 Å². The minimum atomic E-state index is -0.501. The Kier molecular flexibility index (Phi) is 8.48. The number of ether oxygens (including phenoxy) is 3. The van der Waals surface area contributed by atoms with Crippen LogP contribution >= 0.6 is 0 Å². The number of amides is 2. The predicted molar refractivity (Wildman–Crippen MR) is 110 cm³/mol. The average Bonchev–Trinajstić information content (AvgIpc) is 2.79. The van der Waals surface area contributed by atoms with Gasteiger partial charge in [0.05, 0.1) is 32.3 Å². The van der Waals surface area contributed by atoms with E-state index in [0.29, 0.717) is 32.6 Å². The van der Waals surface area contributed by atoms with E-state index < -0.39 is 6.10 Å². The number of methoxy groups -OCH3 is 1. The molecular weight excluding hydrogens is 388 g/mol. The summed E-state index contributed by atoms with van der Waals surface area (Å²) in [6.07, 6.45) is 2.22. The summed E-state index contributed by atoms with van der Waals surface area (Å²) in [5.41, 5.74) is 0.955. The van der Waals surface area contributed by atoms with Crippen molar-refractivity contribution in [3.05, 3.63) is 29.8 Å². The molecule has 3 N–H and O–H groups in total. The fourth-order valence-corrected chi connectivity index (χ4v) is 3.97. The highest BCUT2D eigenvalue weighted by atomic mass is 16.5. The molecule has 0 bridgehead atoms. The lowest BCUT2D eigenvalue weighted by atomic mass is 9.94. The second-order valence-corrected chi connectivity index (χ2v) is 7.89. The van der Waals surface area contributed by atoms with Crippen molar-refractivity contribution in [1.29, 1.82) is 0 Å². The number of carbonyl (C=O) groups is 2. The van der Waals surface area contributed by atoms with Crippen LogP contribution in [0.15, 0.2) is 24.3 Å². The molecule has 0 spiro atoms. The molecule has 166 valence electrons. The monoisotopic (exact) mass is 420 g/mol. The zero-order valence-corrected chi connectivity index (χ0v) is 17.5. The zero-order chi connectivity index (χ0) is 21.3. The highest BCUT2D eigenvalue weighted by Gasteiger charge is 2.34. The predicted octanol–water partition coefficient (Wildman–Crippen LogP) is 1.15.